The van der Waals surface area contributed by atoms with Crippen molar-refractivity contribution in [3.8, 4) is 0 Å². The van der Waals surface area contributed by atoms with Crippen molar-refractivity contribution in [2.24, 2.45) is 0 Å². The first-order valence-electron chi connectivity index (χ1n) is 6.04. The van der Waals surface area contributed by atoms with Gasteiger partial charge in [-0.1, -0.05) is 26.8 Å². The summed E-state index contributed by atoms with van der Waals surface area (Å²) < 4.78 is 0. The molecule has 0 unspecified atom stereocenters. The number of nitrogens with one attached hydrogen (secondary N) is 1. The summed E-state index contributed by atoms with van der Waals surface area (Å²) in [7, 11) is 0. The van der Waals surface area contributed by atoms with Crippen molar-refractivity contribution in [2.75, 3.05) is 0 Å². The second-order valence-corrected chi connectivity index (χ2v) is 5.89. The standard InChI is InChI=1S/C14H18N2/c1-14(2,3)13-15-11-7-6-10(9-4-5-9)8-12(11)16-13/h6-9H,4-5H2,1-3H3,(H,15,16). The topological polar surface area (TPSA) is 28.7 Å². The van der Waals surface area contributed by atoms with Gasteiger partial charge in [0.15, 0.2) is 0 Å². The highest BCUT2D eigenvalue weighted by molar-refractivity contribution is 5.76. The third-order valence-electron chi connectivity index (χ3n) is 3.27. The average Bonchev–Trinajstić information content (AvgIpc) is 2.95. The van der Waals surface area contributed by atoms with Crippen molar-refractivity contribution in [3.05, 3.63) is 29.6 Å². The van der Waals surface area contributed by atoms with Gasteiger partial charge in [-0.05, 0) is 36.5 Å². The maximum Gasteiger partial charge on any atom is 0.112 e. The Morgan fingerprint density at radius 3 is 2.62 bits per heavy atom. The Kier molecular flexibility index (Phi) is 1.91. The molecule has 3 rings (SSSR count). The van der Waals surface area contributed by atoms with Gasteiger partial charge < -0.3 is 4.98 Å². The molecule has 1 aliphatic rings. The van der Waals surface area contributed by atoms with Crippen molar-refractivity contribution in [1.29, 1.82) is 0 Å². The number of hydrogen-bond donors (Lipinski definition) is 1. The zero-order chi connectivity index (χ0) is 11.3. The summed E-state index contributed by atoms with van der Waals surface area (Å²) in [4.78, 5) is 8.10. The molecule has 0 amide bonds. The number of rotatable bonds is 1. The predicted molar refractivity (Wildman–Crippen MR) is 66.8 cm³/mol. The fourth-order valence-electron chi connectivity index (χ4n) is 2.05. The predicted octanol–water partition coefficient (Wildman–Crippen LogP) is 3.74. The molecule has 1 fully saturated rings. The third-order valence-corrected chi connectivity index (χ3v) is 3.27. The molecule has 84 valence electrons. The van der Waals surface area contributed by atoms with Crippen molar-refractivity contribution >= 4 is 11.0 Å². The number of fused-ring (bicyclic) bond motifs is 1. The molecule has 0 bridgehead atoms. The van der Waals surface area contributed by atoms with Crippen LogP contribution in [0.5, 0.6) is 0 Å². The van der Waals surface area contributed by atoms with Gasteiger partial charge in [-0.2, -0.15) is 0 Å². The molecule has 0 aliphatic heterocycles. The minimum Gasteiger partial charge on any atom is -0.342 e. The summed E-state index contributed by atoms with van der Waals surface area (Å²) in [5.74, 6) is 1.89. The van der Waals surface area contributed by atoms with Crippen LogP contribution in [0, 0.1) is 0 Å². The summed E-state index contributed by atoms with van der Waals surface area (Å²) in [5.41, 5.74) is 3.85. The van der Waals surface area contributed by atoms with Crippen molar-refractivity contribution in [1.82, 2.24) is 9.97 Å². The zero-order valence-corrected chi connectivity index (χ0v) is 10.2. The van der Waals surface area contributed by atoms with Gasteiger partial charge in [-0.15, -0.1) is 0 Å². The normalized spacial score (nSPS) is 16.9. The molecular formula is C14H18N2. The highest BCUT2D eigenvalue weighted by atomic mass is 14.9. The Morgan fingerprint density at radius 2 is 2.00 bits per heavy atom. The van der Waals surface area contributed by atoms with E-state index in [-0.39, 0.29) is 5.41 Å². The Balaban J connectivity index is 2.10. The van der Waals surface area contributed by atoms with E-state index in [2.05, 4.69) is 48.9 Å². The summed E-state index contributed by atoms with van der Waals surface area (Å²) in [6.07, 6.45) is 2.71. The molecule has 0 saturated heterocycles. The summed E-state index contributed by atoms with van der Waals surface area (Å²) in [6, 6.07) is 6.65. The van der Waals surface area contributed by atoms with Gasteiger partial charge in [0, 0.05) is 5.41 Å². The molecule has 0 atom stereocenters. The van der Waals surface area contributed by atoms with Crippen LogP contribution < -0.4 is 0 Å². The Labute approximate surface area is 96.1 Å². The maximum absolute atomic E-state index is 4.65. The van der Waals surface area contributed by atoms with Crippen LogP contribution in [-0.4, -0.2) is 9.97 Å². The van der Waals surface area contributed by atoms with Crippen LogP contribution in [-0.2, 0) is 5.41 Å². The van der Waals surface area contributed by atoms with Gasteiger partial charge in [0.1, 0.15) is 5.82 Å². The molecule has 1 aliphatic carbocycles. The van der Waals surface area contributed by atoms with Crippen molar-refractivity contribution in [3.63, 3.8) is 0 Å². The van der Waals surface area contributed by atoms with E-state index in [9.17, 15) is 0 Å². The molecule has 0 spiro atoms. The largest absolute Gasteiger partial charge is 0.342 e. The summed E-state index contributed by atoms with van der Waals surface area (Å²) in [5, 5.41) is 0. The van der Waals surface area contributed by atoms with E-state index < -0.39 is 0 Å². The van der Waals surface area contributed by atoms with Crippen molar-refractivity contribution < 1.29 is 0 Å². The van der Waals surface area contributed by atoms with Crippen molar-refractivity contribution in [2.45, 2.75) is 44.9 Å². The molecule has 1 heterocycles. The molecule has 0 radical (unpaired) electrons. The van der Waals surface area contributed by atoms with Gasteiger partial charge >= 0.3 is 0 Å². The molecule has 16 heavy (non-hydrogen) atoms. The molecule has 1 aromatic heterocycles. The molecular weight excluding hydrogens is 196 g/mol. The lowest BCUT2D eigenvalue weighted by Crippen LogP contribution is -2.12. The fourth-order valence-corrected chi connectivity index (χ4v) is 2.05. The third kappa shape index (κ3) is 1.62. The van der Waals surface area contributed by atoms with E-state index in [1.165, 1.54) is 23.9 Å². The number of aromatic nitrogens is 2. The number of nitrogens with zero attached hydrogens (tertiary/aromatic N) is 1. The van der Waals surface area contributed by atoms with Crippen LogP contribution in [0.15, 0.2) is 18.2 Å². The van der Waals surface area contributed by atoms with E-state index in [4.69, 9.17) is 0 Å². The first-order chi connectivity index (χ1) is 7.54. The molecule has 2 nitrogen and oxygen atoms in total. The minimum absolute atomic E-state index is 0.0960. The highest BCUT2D eigenvalue weighted by Crippen LogP contribution is 2.40. The minimum atomic E-state index is 0.0960. The smallest absolute Gasteiger partial charge is 0.112 e. The Morgan fingerprint density at radius 1 is 1.25 bits per heavy atom. The fraction of sp³-hybridized carbons (Fsp3) is 0.500. The maximum atomic E-state index is 4.65. The number of aromatic amines is 1. The van der Waals surface area contributed by atoms with E-state index in [0.29, 0.717) is 0 Å². The summed E-state index contributed by atoms with van der Waals surface area (Å²) in [6.45, 7) is 6.56. The second-order valence-electron chi connectivity index (χ2n) is 5.89. The van der Waals surface area contributed by atoms with Crippen LogP contribution in [0.2, 0.25) is 0 Å². The average molecular weight is 214 g/mol. The lowest BCUT2D eigenvalue weighted by atomic mass is 9.96. The number of hydrogen-bond acceptors (Lipinski definition) is 1. The van der Waals surface area contributed by atoms with E-state index in [1.54, 1.807) is 0 Å². The number of imidazole rings is 1. The number of H-pyrrole nitrogens is 1. The monoisotopic (exact) mass is 214 g/mol. The zero-order valence-electron chi connectivity index (χ0n) is 10.2. The quantitative estimate of drug-likeness (QED) is 0.769. The Bertz CT molecular complexity index is 527. The van der Waals surface area contributed by atoms with Gasteiger partial charge in [0.05, 0.1) is 11.0 Å². The van der Waals surface area contributed by atoms with Crippen LogP contribution in [0.1, 0.15) is 50.9 Å². The molecule has 2 heteroatoms. The van der Waals surface area contributed by atoms with Gasteiger partial charge in [-0.25, -0.2) is 4.98 Å². The van der Waals surface area contributed by atoms with Gasteiger partial charge in [0.25, 0.3) is 0 Å². The first-order valence-corrected chi connectivity index (χ1v) is 6.04. The van der Waals surface area contributed by atoms with Crippen LogP contribution >= 0.6 is 0 Å². The van der Waals surface area contributed by atoms with Gasteiger partial charge in [-0.3, -0.25) is 0 Å². The first kappa shape index (κ1) is 9.88. The highest BCUT2D eigenvalue weighted by Gasteiger charge is 2.24. The molecule has 1 N–H and O–H groups in total. The van der Waals surface area contributed by atoms with Crippen LogP contribution in [0.4, 0.5) is 0 Å². The van der Waals surface area contributed by atoms with E-state index in [0.717, 1.165) is 17.3 Å². The molecule has 1 saturated carbocycles. The number of benzene rings is 1. The van der Waals surface area contributed by atoms with E-state index in [1.807, 2.05) is 0 Å². The van der Waals surface area contributed by atoms with Crippen LogP contribution in [0.3, 0.4) is 0 Å². The molecule has 2 aromatic rings. The SMILES string of the molecule is CC(C)(C)c1nc2ccc(C3CC3)cc2[nH]1. The van der Waals surface area contributed by atoms with Crippen LogP contribution in [0.25, 0.3) is 11.0 Å². The van der Waals surface area contributed by atoms with E-state index >= 15 is 0 Å². The van der Waals surface area contributed by atoms with Gasteiger partial charge in [0.2, 0.25) is 0 Å². The summed E-state index contributed by atoms with van der Waals surface area (Å²) >= 11 is 0. The molecule has 1 aromatic carbocycles. The Hall–Kier alpha value is -1.31. The lowest BCUT2D eigenvalue weighted by Gasteiger charge is -2.13. The second kappa shape index (κ2) is 3.09. The lowest BCUT2D eigenvalue weighted by molar-refractivity contribution is 0.554.